The third-order valence-electron chi connectivity index (χ3n) is 6.37. The zero-order valence-electron chi connectivity index (χ0n) is 15.9. The van der Waals surface area contributed by atoms with Gasteiger partial charge in [-0.25, -0.2) is 4.79 Å². The molecule has 3 aliphatic heterocycles. The van der Waals surface area contributed by atoms with E-state index in [2.05, 4.69) is 46.9 Å². The Bertz CT molecular complexity index is 658. The van der Waals surface area contributed by atoms with Gasteiger partial charge in [-0.15, -0.1) is 0 Å². The maximum atomic E-state index is 11.2. The van der Waals surface area contributed by atoms with Crippen LogP contribution >= 0.6 is 0 Å². The van der Waals surface area contributed by atoms with Gasteiger partial charge in [0, 0.05) is 64.6 Å². The van der Waals surface area contributed by atoms with Crippen LogP contribution in [0.25, 0.3) is 0 Å². The molecule has 0 aliphatic carbocycles. The highest BCUT2D eigenvalue weighted by Gasteiger charge is 2.41. The molecule has 6 nitrogen and oxygen atoms in total. The second-order valence-corrected chi connectivity index (χ2v) is 8.27. The molecule has 0 radical (unpaired) electrons. The minimum Gasteiger partial charge on any atom is -0.465 e. The lowest BCUT2D eigenvalue weighted by molar-refractivity contribution is 0.148. The van der Waals surface area contributed by atoms with E-state index in [1.165, 1.54) is 16.8 Å². The van der Waals surface area contributed by atoms with Gasteiger partial charge in [0.15, 0.2) is 0 Å². The van der Waals surface area contributed by atoms with Gasteiger partial charge in [0.2, 0.25) is 0 Å². The Labute approximate surface area is 156 Å². The summed E-state index contributed by atoms with van der Waals surface area (Å²) in [5.41, 5.74) is 4.21. The third-order valence-corrected chi connectivity index (χ3v) is 6.37. The van der Waals surface area contributed by atoms with E-state index in [0.29, 0.717) is 24.9 Å². The quantitative estimate of drug-likeness (QED) is 0.893. The van der Waals surface area contributed by atoms with E-state index in [1.807, 2.05) is 0 Å². The lowest BCUT2D eigenvalue weighted by atomic mass is 10.0. The van der Waals surface area contributed by atoms with Crippen LogP contribution in [0.5, 0.6) is 0 Å². The number of para-hydroxylation sites is 1. The van der Waals surface area contributed by atoms with Crippen LogP contribution in [0.3, 0.4) is 0 Å². The smallest absolute Gasteiger partial charge is 0.407 e. The van der Waals surface area contributed by atoms with E-state index in [9.17, 15) is 9.90 Å². The third kappa shape index (κ3) is 3.40. The van der Waals surface area contributed by atoms with Crippen molar-refractivity contribution in [3.8, 4) is 0 Å². The number of rotatable bonds is 3. The maximum Gasteiger partial charge on any atom is 0.407 e. The van der Waals surface area contributed by atoms with E-state index in [-0.39, 0.29) is 0 Å². The van der Waals surface area contributed by atoms with E-state index in [4.69, 9.17) is 0 Å². The summed E-state index contributed by atoms with van der Waals surface area (Å²) in [4.78, 5) is 20.3. The predicted octanol–water partition coefficient (Wildman–Crippen LogP) is 1.79. The first-order valence-corrected chi connectivity index (χ1v) is 9.73. The molecule has 3 fully saturated rings. The van der Waals surface area contributed by atoms with Gasteiger partial charge in [-0.1, -0.05) is 18.2 Å². The van der Waals surface area contributed by atoms with Crippen LogP contribution in [0.2, 0.25) is 0 Å². The number of carbonyl (C=O) groups is 1. The molecule has 1 aromatic carbocycles. The van der Waals surface area contributed by atoms with Gasteiger partial charge in [-0.3, -0.25) is 4.90 Å². The number of anilines is 1. The number of piperazine rings is 1. The molecule has 26 heavy (non-hydrogen) atoms. The van der Waals surface area contributed by atoms with Crippen LogP contribution in [0, 0.1) is 18.8 Å². The van der Waals surface area contributed by atoms with E-state index in [1.54, 1.807) is 4.90 Å². The van der Waals surface area contributed by atoms with Crippen molar-refractivity contribution in [3.05, 3.63) is 29.3 Å². The topological polar surface area (TPSA) is 50.3 Å². The number of hydrogen-bond donors (Lipinski definition) is 1. The fraction of sp³-hybridized carbons (Fsp3) is 0.650. The Balaban J connectivity index is 1.45. The van der Waals surface area contributed by atoms with E-state index in [0.717, 1.165) is 45.8 Å². The minimum atomic E-state index is -0.762. The average Bonchev–Trinajstić information content (AvgIpc) is 3.15. The minimum absolute atomic E-state index is 0.503. The van der Waals surface area contributed by atoms with Gasteiger partial charge in [0.1, 0.15) is 0 Å². The summed E-state index contributed by atoms with van der Waals surface area (Å²) in [5.74, 6) is 1.01. The fourth-order valence-electron chi connectivity index (χ4n) is 4.95. The molecule has 0 bridgehead atoms. The van der Waals surface area contributed by atoms with Crippen LogP contribution in [0.4, 0.5) is 10.5 Å². The molecule has 1 N–H and O–H groups in total. The molecule has 3 saturated heterocycles. The Morgan fingerprint density at radius 1 is 1.08 bits per heavy atom. The van der Waals surface area contributed by atoms with Gasteiger partial charge < -0.3 is 19.8 Å². The number of likely N-dealkylation sites (tertiary alicyclic amines) is 2. The predicted molar refractivity (Wildman–Crippen MR) is 103 cm³/mol. The fourth-order valence-corrected chi connectivity index (χ4v) is 4.95. The molecule has 0 spiro atoms. The molecular formula is C20H30N4O2. The lowest BCUT2D eigenvalue weighted by Crippen LogP contribution is -2.45. The van der Waals surface area contributed by atoms with Gasteiger partial charge in [-0.2, -0.15) is 0 Å². The summed E-state index contributed by atoms with van der Waals surface area (Å²) in [6, 6.07) is 6.67. The number of hydrogen-bond acceptors (Lipinski definition) is 4. The highest BCUT2D eigenvalue weighted by Crippen LogP contribution is 2.34. The molecular weight excluding hydrogens is 328 g/mol. The molecule has 2 atom stereocenters. The Morgan fingerprint density at radius 2 is 1.73 bits per heavy atom. The van der Waals surface area contributed by atoms with Crippen molar-refractivity contribution in [2.75, 3.05) is 64.3 Å². The highest BCUT2D eigenvalue weighted by molar-refractivity contribution is 5.65. The summed E-state index contributed by atoms with van der Waals surface area (Å²) in [5, 5.41) is 9.20. The van der Waals surface area contributed by atoms with Crippen molar-refractivity contribution in [1.29, 1.82) is 0 Å². The van der Waals surface area contributed by atoms with Crippen molar-refractivity contribution in [2.45, 2.75) is 13.5 Å². The summed E-state index contributed by atoms with van der Waals surface area (Å²) in [7, 11) is 2.19. The Morgan fingerprint density at radius 3 is 2.35 bits per heavy atom. The van der Waals surface area contributed by atoms with Crippen LogP contribution in [-0.4, -0.2) is 85.3 Å². The second-order valence-electron chi connectivity index (χ2n) is 8.27. The SMILES string of the molecule is Cc1cccc(CN2CC3CN(C(=O)O)CC3C2)c1N1CCN(C)CC1. The number of benzene rings is 1. The summed E-state index contributed by atoms with van der Waals surface area (Å²) in [6.07, 6.45) is -0.762. The largest absolute Gasteiger partial charge is 0.465 e. The number of likely N-dealkylation sites (N-methyl/N-ethyl adjacent to an activating group) is 1. The molecule has 2 unspecified atom stereocenters. The maximum absolute atomic E-state index is 11.2. The first-order valence-electron chi connectivity index (χ1n) is 9.73. The number of aryl methyl sites for hydroxylation is 1. The van der Waals surface area contributed by atoms with Crippen LogP contribution in [0.15, 0.2) is 18.2 Å². The molecule has 3 aliphatic rings. The average molecular weight is 358 g/mol. The second kappa shape index (κ2) is 7.08. The summed E-state index contributed by atoms with van der Waals surface area (Å²) in [6.45, 7) is 11.1. The zero-order valence-corrected chi connectivity index (χ0v) is 15.9. The van der Waals surface area contributed by atoms with Crippen molar-refractivity contribution in [3.63, 3.8) is 0 Å². The molecule has 0 aromatic heterocycles. The number of carboxylic acid groups (broad SMARTS) is 1. The normalized spacial score (nSPS) is 27.2. The standard InChI is InChI=1S/C20H30N4O2/c1-15-4-3-5-16(19(15)23-8-6-21(2)7-9-23)10-22-11-17-13-24(20(25)26)14-18(17)12-22/h3-5,17-18H,6-14H2,1-2H3,(H,25,26). The number of fused-ring (bicyclic) bond motifs is 1. The van der Waals surface area contributed by atoms with Crippen molar-refractivity contribution >= 4 is 11.8 Å². The van der Waals surface area contributed by atoms with Gasteiger partial charge in [0.25, 0.3) is 0 Å². The van der Waals surface area contributed by atoms with Gasteiger partial charge in [0.05, 0.1) is 0 Å². The monoisotopic (exact) mass is 358 g/mol. The first kappa shape index (κ1) is 17.6. The summed E-state index contributed by atoms with van der Waals surface area (Å²) >= 11 is 0. The van der Waals surface area contributed by atoms with Crippen LogP contribution < -0.4 is 4.90 Å². The molecule has 0 saturated carbocycles. The van der Waals surface area contributed by atoms with Crippen LogP contribution in [0.1, 0.15) is 11.1 Å². The van der Waals surface area contributed by atoms with Gasteiger partial charge >= 0.3 is 6.09 Å². The number of amides is 1. The molecule has 142 valence electrons. The zero-order chi connectivity index (χ0) is 18.3. The number of nitrogens with zero attached hydrogens (tertiary/aromatic N) is 4. The molecule has 1 aromatic rings. The van der Waals surface area contributed by atoms with Crippen molar-refractivity contribution in [2.24, 2.45) is 11.8 Å². The Hall–Kier alpha value is -1.79. The van der Waals surface area contributed by atoms with Crippen LogP contribution in [-0.2, 0) is 6.54 Å². The summed E-state index contributed by atoms with van der Waals surface area (Å²) < 4.78 is 0. The first-order chi connectivity index (χ1) is 12.5. The van der Waals surface area contributed by atoms with Gasteiger partial charge in [-0.05, 0) is 36.9 Å². The van der Waals surface area contributed by atoms with Crippen molar-refractivity contribution < 1.29 is 9.90 Å². The molecule has 1 amide bonds. The van der Waals surface area contributed by atoms with Crippen molar-refractivity contribution in [1.82, 2.24) is 14.7 Å². The van der Waals surface area contributed by atoms with E-state index < -0.39 is 6.09 Å². The Kier molecular flexibility index (Phi) is 4.80. The molecule has 6 heteroatoms. The van der Waals surface area contributed by atoms with E-state index >= 15 is 0 Å². The lowest BCUT2D eigenvalue weighted by Gasteiger charge is -2.36. The highest BCUT2D eigenvalue weighted by atomic mass is 16.4. The molecule has 3 heterocycles. The molecule has 4 rings (SSSR count).